The van der Waals surface area contributed by atoms with Gasteiger partial charge in [-0.3, -0.25) is 4.79 Å². The van der Waals surface area contributed by atoms with Gasteiger partial charge in [0.2, 0.25) is 5.91 Å². The molecule has 1 atom stereocenters. The third kappa shape index (κ3) is 5.73. The number of nitrogens with one attached hydrogen (secondary N) is 1. The first kappa shape index (κ1) is 18.6. The van der Waals surface area contributed by atoms with Crippen molar-refractivity contribution in [2.45, 2.75) is 52.3 Å². The van der Waals surface area contributed by atoms with Crippen LogP contribution in [0.4, 0.5) is 18.0 Å². The van der Waals surface area contributed by atoms with E-state index in [9.17, 15) is 22.8 Å². The fraction of sp³-hybridized carbons (Fsp3) is 0.857. The van der Waals surface area contributed by atoms with Crippen LogP contribution in [-0.4, -0.2) is 42.1 Å². The highest BCUT2D eigenvalue weighted by Gasteiger charge is 2.43. The Hall–Kier alpha value is -1.47. The summed E-state index contributed by atoms with van der Waals surface area (Å²) in [6.45, 7) is 5.54. The van der Waals surface area contributed by atoms with Crippen molar-refractivity contribution in [3.8, 4) is 0 Å². The summed E-state index contributed by atoms with van der Waals surface area (Å²) >= 11 is 0. The van der Waals surface area contributed by atoms with Gasteiger partial charge in [0, 0.05) is 19.0 Å². The first-order valence-electron chi connectivity index (χ1n) is 7.31. The number of carbonyl (C=O) groups is 2. The summed E-state index contributed by atoms with van der Waals surface area (Å²) in [6.07, 6.45) is -3.91. The fourth-order valence-electron chi connectivity index (χ4n) is 2.47. The lowest BCUT2D eigenvalue weighted by Gasteiger charge is -2.34. The molecule has 0 bridgehead atoms. The predicted molar refractivity (Wildman–Crippen MR) is 75.9 cm³/mol. The molecule has 0 aliphatic carbocycles. The summed E-state index contributed by atoms with van der Waals surface area (Å²) in [5, 5.41) is 2.07. The van der Waals surface area contributed by atoms with E-state index in [-0.39, 0.29) is 25.4 Å². The molecule has 0 aromatic carbocycles. The van der Waals surface area contributed by atoms with Crippen LogP contribution in [-0.2, 0) is 4.79 Å². The topological polar surface area (TPSA) is 75.4 Å². The lowest BCUT2D eigenvalue weighted by Crippen LogP contribution is -2.53. The van der Waals surface area contributed by atoms with Crippen LogP contribution >= 0.6 is 0 Å². The largest absolute Gasteiger partial charge is 0.408 e. The zero-order valence-electron chi connectivity index (χ0n) is 13.2. The Morgan fingerprint density at radius 1 is 1.23 bits per heavy atom. The standard InChI is InChI=1S/C14H24F3N3O2/c1-13(2,3)8-10(14(15,16)17)19-12(22)20-6-4-9(5-7-20)11(18)21/h9-10H,4-8H2,1-3H3,(H2,18,21)(H,19,22)/t10-/m1/s1. The van der Waals surface area contributed by atoms with Crippen LogP contribution in [0.25, 0.3) is 0 Å². The molecule has 1 aliphatic heterocycles. The highest BCUT2D eigenvalue weighted by molar-refractivity contribution is 5.78. The molecular formula is C14H24F3N3O2. The minimum absolute atomic E-state index is 0.194. The number of likely N-dealkylation sites (tertiary alicyclic amines) is 1. The molecule has 1 rings (SSSR count). The molecule has 3 N–H and O–H groups in total. The summed E-state index contributed by atoms with van der Waals surface area (Å²) < 4.78 is 39.2. The molecule has 1 heterocycles. The van der Waals surface area contributed by atoms with E-state index in [0.717, 1.165) is 0 Å². The molecule has 1 saturated heterocycles. The zero-order chi connectivity index (χ0) is 17.1. The van der Waals surface area contributed by atoms with Crippen LogP contribution < -0.4 is 11.1 Å². The molecule has 0 aromatic rings. The molecule has 128 valence electrons. The fourth-order valence-corrected chi connectivity index (χ4v) is 2.47. The van der Waals surface area contributed by atoms with Gasteiger partial charge in [-0.25, -0.2) is 4.79 Å². The molecule has 0 spiro atoms. The van der Waals surface area contributed by atoms with Gasteiger partial charge >= 0.3 is 12.2 Å². The highest BCUT2D eigenvalue weighted by Crippen LogP contribution is 2.30. The van der Waals surface area contributed by atoms with Crippen molar-refractivity contribution >= 4 is 11.9 Å². The number of amides is 3. The minimum atomic E-state index is -4.49. The van der Waals surface area contributed by atoms with Gasteiger partial charge in [-0.15, -0.1) is 0 Å². The van der Waals surface area contributed by atoms with Crippen LogP contribution in [0.2, 0.25) is 0 Å². The first-order chi connectivity index (χ1) is 9.90. The summed E-state index contributed by atoms with van der Waals surface area (Å²) in [6, 6.07) is -2.62. The maximum Gasteiger partial charge on any atom is 0.408 e. The van der Waals surface area contributed by atoms with Crippen molar-refractivity contribution in [1.82, 2.24) is 10.2 Å². The maximum atomic E-state index is 13.1. The van der Waals surface area contributed by atoms with Gasteiger partial charge in [-0.2, -0.15) is 13.2 Å². The highest BCUT2D eigenvalue weighted by atomic mass is 19.4. The second-order valence-electron chi connectivity index (χ2n) is 6.97. The molecule has 1 fully saturated rings. The van der Waals surface area contributed by atoms with E-state index in [1.807, 2.05) is 0 Å². The van der Waals surface area contributed by atoms with Crippen molar-refractivity contribution in [2.75, 3.05) is 13.1 Å². The number of urea groups is 1. The van der Waals surface area contributed by atoms with Crippen molar-refractivity contribution < 1.29 is 22.8 Å². The number of carbonyl (C=O) groups excluding carboxylic acids is 2. The van der Waals surface area contributed by atoms with Gasteiger partial charge in [0.15, 0.2) is 0 Å². The van der Waals surface area contributed by atoms with E-state index in [0.29, 0.717) is 12.8 Å². The van der Waals surface area contributed by atoms with Gasteiger partial charge in [0.25, 0.3) is 0 Å². The van der Waals surface area contributed by atoms with E-state index in [4.69, 9.17) is 5.73 Å². The Bertz CT molecular complexity index is 411. The molecule has 0 aromatic heterocycles. The Balaban J connectivity index is 2.63. The number of nitrogens with two attached hydrogens (primary N) is 1. The summed E-state index contributed by atoms with van der Waals surface area (Å²) in [5.74, 6) is -0.738. The Kier molecular flexibility index (Phi) is 5.70. The Labute approximate surface area is 128 Å². The minimum Gasteiger partial charge on any atom is -0.369 e. The normalized spacial score (nSPS) is 18.9. The first-order valence-corrected chi connectivity index (χ1v) is 7.31. The Morgan fingerprint density at radius 2 is 1.73 bits per heavy atom. The van der Waals surface area contributed by atoms with E-state index in [1.54, 1.807) is 20.8 Å². The second-order valence-corrected chi connectivity index (χ2v) is 6.97. The number of hydrogen-bond donors (Lipinski definition) is 2. The van der Waals surface area contributed by atoms with Crippen molar-refractivity contribution in [1.29, 1.82) is 0 Å². The van der Waals surface area contributed by atoms with E-state index in [2.05, 4.69) is 5.32 Å². The molecule has 5 nitrogen and oxygen atoms in total. The summed E-state index contributed by atoms with van der Waals surface area (Å²) in [4.78, 5) is 24.4. The van der Waals surface area contributed by atoms with Gasteiger partial charge in [0.1, 0.15) is 6.04 Å². The van der Waals surface area contributed by atoms with Crippen LogP contribution in [0.1, 0.15) is 40.0 Å². The predicted octanol–water partition coefficient (Wildman–Crippen LogP) is 2.26. The quantitative estimate of drug-likeness (QED) is 0.836. The zero-order valence-corrected chi connectivity index (χ0v) is 13.2. The SMILES string of the molecule is CC(C)(C)C[C@@H](NC(=O)N1CCC(C(N)=O)CC1)C(F)(F)F. The summed E-state index contributed by atoms with van der Waals surface area (Å²) in [5.41, 5.74) is 4.63. The number of primary amides is 1. The number of hydrogen-bond acceptors (Lipinski definition) is 2. The van der Waals surface area contributed by atoms with E-state index in [1.165, 1.54) is 4.90 Å². The number of nitrogens with zero attached hydrogens (tertiary/aromatic N) is 1. The van der Waals surface area contributed by atoms with Gasteiger partial charge < -0.3 is 16.0 Å². The van der Waals surface area contributed by atoms with Crippen LogP contribution in [0.15, 0.2) is 0 Å². The number of rotatable bonds is 3. The molecule has 0 saturated carbocycles. The number of alkyl halides is 3. The smallest absolute Gasteiger partial charge is 0.369 e. The summed E-state index contributed by atoms with van der Waals surface area (Å²) in [7, 11) is 0. The molecule has 0 radical (unpaired) electrons. The monoisotopic (exact) mass is 323 g/mol. The average Bonchev–Trinajstić information content (AvgIpc) is 2.35. The molecule has 1 aliphatic rings. The lowest BCUT2D eigenvalue weighted by molar-refractivity contribution is -0.159. The number of halogens is 3. The van der Waals surface area contributed by atoms with Crippen molar-refractivity contribution in [2.24, 2.45) is 17.1 Å². The molecule has 22 heavy (non-hydrogen) atoms. The maximum absolute atomic E-state index is 13.1. The van der Waals surface area contributed by atoms with Crippen LogP contribution in [0, 0.1) is 11.3 Å². The molecule has 8 heteroatoms. The van der Waals surface area contributed by atoms with E-state index < -0.39 is 29.6 Å². The van der Waals surface area contributed by atoms with Crippen LogP contribution in [0.5, 0.6) is 0 Å². The molecule has 3 amide bonds. The molecular weight excluding hydrogens is 299 g/mol. The van der Waals surface area contributed by atoms with Crippen molar-refractivity contribution in [3.63, 3.8) is 0 Å². The second kappa shape index (κ2) is 6.75. The van der Waals surface area contributed by atoms with Crippen molar-refractivity contribution in [3.05, 3.63) is 0 Å². The van der Waals surface area contributed by atoms with Crippen LogP contribution in [0.3, 0.4) is 0 Å². The van der Waals surface area contributed by atoms with Gasteiger partial charge in [0.05, 0.1) is 0 Å². The Morgan fingerprint density at radius 3 is 2.09 bits per heavy atom. The van der Waals surface area contributed by atoms with Gasteiger partial charge in [-0.05, 0) is 24.7 Å². The molecule has 0 unspecified atom stereocenters. The number of piperidine rings is 1. The lowest BCUT2D eigenvalue weighted by atomic mass is 9.88. The van der Waals surface area contributed by atoms with E-state index >= 15 is 0 Å². The third-order valence-corrected chi connectivity index (χ3v) is 3.69. The third-order valence-electron chi connectivity index (χ3n) is 3.69. The average molecular weight is 323 g/mol. The van der Waals surface area contributed by atoms with Gasteiger partial charge in [-0.1, -0.05) is 20.8 Å².